The second-order valence-corrected chi connectivity index (χ2v) is 5.69. The molecule has 70 valence electrons. The molecule has 1 heterocycles. The van der Waals surface area contributed by atoms with E-state index in [1.54, 1.807) is 23.1 Å². The Bertz CT molecular complexity index is 525. The first-order chi connectivity index (χ1) is 6.77. The maximum Gasteiger partial charge on any atom is 0.119 e. The Labute approximate surface area is 104 Å². The van der Waals surface area contributed by atoms with E-state index in [1.165, 1.54) is 13.7 Å². The number of halogens is 1. The first kappa shape index (κ1) is 10.3. The summed E-state index contributed by atoms with van der Waals surface area (Å²) in [5.41, 5.74) is 0. The molecule has 2 aromatic rings. The Hall–Kier alpha value is -0.250. The third-order valence-electron chi connectivity index (χ3n) is 1.93. The van der Waals surface area contributed by atoms with Gasteiger partial charge < -0.3 is 0 Å². The van der Waals surface area contributed by atoms with Crippen molar-refractivity contribution in [1.82, 2.24) is 0 Å². The standard InChI is InChI=1S/C10H6INS2/c1-13-10-6-3-2-4-7(11)9(6)14-8(10)5-12/h2-4H,1H3. The first-order valence-electron chi connectivity index (χ1n) is 3.93. The minimum Gasteiger partial charge on any atom is -0.191 e. The minimum absolute atomic E-state index is 0.830. The zero-order valence-electron chi connectivity index (χ0n) is 7.37. The SMILES string of the molecule is CSc1c(C#N)sc2c(I)cccc12. The molecule has 0 spiro atoms. The minimum atomic E-state index is 0.830. The molecule has 0 amide bonds. The number of fused-ring (bicyclic) bond motifs is 1. The van der Waals surface area contributed by atoms with Crippen LogP contribution in [0.4, 0.5) is 0 Å². The highest BCUT2D eigenvalue weighted by Crippen LogP contribution is 2.38. The molecule has 0 aliphatic heterocycles. The van der Waals surface area contributed by atoms with Gasteiger partial charge >= 0.3 is 0 Å². The Morgan fingerprint density at radius 3 is 2.93 bits per heavy atom. The van der Waals surface area contributed by atoms with E-state index in [4.69, 9.17) is 5.26 Å². The molecule has 0 atom stereocenters. The zero-order chi connectivity index (χ0) is 10.1. The van der Waals surface area contributed by atoms with Crippen molar-refractivity contribution in [2.24, 2.45) is 0 Å². The van der Waals surface area contributed by atoms with Gasteiger partial charge in [0, 0.05) is 13.9 Å². The van der Waals surface area contributed by atoms with Crippen LogP contribution >= 0.6 is 45.7 Å². The van der Waals surface area contributed by atoms with Gasteiger partial charge in [-0.3, -0.25) is 0 Å². The van der Waals surface area contributed by atoms with E-state index in [9.17, 15) is 0 Å². The smallest absolute Gasteiger partial charge is 0.119 e. The summed E-state index contributed by atoms with van der Waals surface area (Å²) in [6.45, 7) is 0. The summed E-state index contributed by atoms with van der Waals surface area (Å²) in [4.78, 5) is 1.95. The van der Waals surface area contributed by atoms with Gasteiger partial charge in [0.2, 0.25) is 0 Å². The number of nitriles is 1. The van der Waals surface area contributed by atoms with Gasteiger partial charge in [0.05, 0.1) is 4.70 Å². The normalized spacial score (nSPS) is 10.4. The topological polar surface area (TPSA) is 23.8 Å². The second-order valence-electron chi connectivity index (χ2n) is 2.69. The third kappa shape index (κ3) is 1.53. The predicted octanol–water partition coefficient (Wildman–Crippen LogP) is 4.10. The Morgan fingerprint density at radius 2 is 2.29 bits per heavy atom. The van der Waals surface area contributed by atoms with E-state index in [0.717, 1.165) is 9.77 Å². The lowest BCUT2D eigenvalue weighted by atomic mass is 10.2. The quantitative estimate of drug-likeness (QED) is 0.580. The molecule has 14 heavy (non-hydrogen) atoms. The number of hydrogen-bond donors (Lipinski definition) is 0. The van der Waals surface area contributed by atoms with Crippen LogP contribution in [0.2, 0.25) is 0 Å². The van der Waals surface area contributed by atoms with Crippen molar-refractivity contribution in [2.45, 2.75) is 4.90 Å². The maximum atomic E-state index is 8.99. The lowest BCUT2D eigenvalue weighted by Gasteiger charge is -1.94. The van der Waals surface area contributed by atoms with Gasteiger partial charge in [-0.15, -0.1) is 23.1 Å². The summed E-state index contributed by atoms with van der Waals surface area (Å²) in [7, 11) is 0. The van der Waals surface area contributed by atoms with Gasteiger partial charge in [0.15, 0.2) is 0 Å². The Kier molecular flexibility index (Phi) is 3.00. The molecule has 0 aliphatic carbocycles. The molecular weight excluding hydrogens is 325 g/mol. The van der Waals surface area contributed by atoms with Crippen molar-refractivity contribution in [3.05, 3.63) is 26.6 Å². The first-order valence-corrected chi connectivity index (χ1v) is 7.05. The molecule has 4 heteroatoms. The molecular formula is C10H6INS2. The zero-order valence-corrected chi connectivity index (χ0v) is 11.2. The van der Waals surface area contributed by atoms with Gasteiger partial charge in [0.1, 0.15) is 10.9 Å². The van der Waals surface area contributed by atoms with Gasteiger partial charge in [-0.05, 0) is 34.9 Å². The predicted molar refractivity (Wildman–Crippen MR) is 71.0 cm³/mol. The number of thiophene rings is 1. The van der Waals surface area contributed by atoms with Gasteiger partial charge in [-0.1, -0.05) is 12.1 Å². The van der Waals surface area contributed by atoms with Crippen LogP contribution in [0.1, 0.15) is 4.88 Å². The van der Waals surface area contributed by atoms with E-state index >= 15 is 0 Å². The van der Waals surface area contributed by atoms with Crippen molar-refractivity contribution in [2.75, 3.05) is 6.26 Å². The van der Waals surface area contributed by atoms with Crippen molar-refractivity contribution in [3.8, 4) is 6.07 Å². The van der Waals surface area contributed by atoms with Crippen LogP contribution in [0.5, 0.6) is 0 Å². The highest BCUT2D eigenvalue weighted by Gasteiger charge is 2.12. The Morgan fingerprint density at radius 1 is 1.50 bits per heavy atom. The number of benzene rings is 1. The molecule has 1 aromatic heterocycles. The molecule has 0 radical (unpaired) electrons. The summed E-state index contributed by atoms with van der Waals surface area (Å²) >= 11 is 5.55. The number of thioether (sulfide) groups is 1. The summed E-state index contributed by atoms with van der Waals surface area (Å²) in [5, 5.41) is 10.2. The fraction of sp³-hybridized carbons (Fsp3) is 0.100. The van der Waals surface area contributed by atoms with Crippen molar-refractivity contribution >= 4 is 55.8 Å². The fourth-order valence-corrected chi connectivity index (χ4v) is 4.13. The van der Waals surface area contributed by atoms with Crippen molar-refractivity contribution in [3.63, 3.8) is 0 Å². The Balaban J connectivity index is 2.88. The van der Waals surface area contributed by atoms with Crippen molar-refractivity contribution in [1.29, 1.82) is 5.26 Å². The van der Waals surface area contributed by atoms with E-state index in [0.29, 0.717) is 0 Å². The molecule has 2 rings (SSSR count). The van der Waals surface area contributed by atoms with E-state index in [2.05, 4.69) is 40.8 Å². The molecule has 1 aromatic carbocycles. The molecule has 0 saturated heterocycles. The van der Waals surface area contributed by atoms with Crippen molar-refractivity contribution < 1.29 is 0 Å². The number of rotatable bonds is 1. The third-order valence-corrected chi connectivity index (χ3v) is 5.30. The van der Waals surface area contributed by atoms with Gasteiger partial charge in [-0.25, -0.2) is 0 Å². The van der Waals surface area contributed by atoms with Crippen LogP contribution < -0.4 is 0 Å². The lowest BCUT2D eigenvalue weighted by Crippen LogP contribution is -1.72. The van der Waals surface area contributed by atoms with Crippen LogP contribution in [-0.2, 0) is 0 Å². The average molecular weight is 331 g/mol. The van der Waals surface area contributed by atoms with E-state index in [1.807, 2.05) is 12.3 Å². The highest BCUT2D eigenvalue weighted by molar-refractivity contribution is 14.1. The molecule has 0 fully saturated rings. The van der Waals surface area contributed by atoms with Gasteiger partial charge in [-0.2, -0.15) is 5.26 Å². The molecule has 1 nitrogen and oxygen atoms in total. The van der Waals surface area contributed by atoms with Crippen LogP contribution in [0.25, 0.3) is 10.1 Å². The molecule has 0 bridgehead atoms. The van der Waals surface area contributed by atoms with Gasteiger partial charge in [0.25, 0.3) is 0 Å². The average Bonchev–Trinajstić information content (AvgIpc) is 2.57. The largest absolute Gasteiger partial charge is 0.191 e. The molecule has 0 aliphatic rings. The molecule has 0 N–H and O–H groups in total. The second kappa shape index (κ2) is 4.09. The monoisotopic (exact) mass is 331 g/mol. The van der Waals surface area contributed by atoms with E-state index < -0.39 is 0 Å². The van der Waals surface area contributed by atoms with Crippen LogP contribution in [-0.4, -0.2) is 6.26 Å². The van der Waals surface area contributed by atoms with E-state index in [-0.39, 0.29) is 0 Å². The summed E-state index contributed by atoms with van der Waals surface area (Å²) in [6.07, 6.45) is 2.02. The molecule has 0 unspecified atom stereocenters. The number of nitrogens with zero attached hydrogens (tertiary/aromatic N) is 1. The van der Waals surface area contributed by atoms with Crippen LogP contribution in [0.3, 0.4) is 0 Å². The molecule has 0 saturated carbocycles. The summed E-state index contributed by atoms with van der Waals surface area (Å²) in [5.74, 6) is 0. The van der Waals surface area contributed by atoms with Crippen LogP contribution in [0, 0.1) is 14.9 Å². The highest BCUT2D eigenvalue weighted by atomic mass is 127. The fourth-order valence-electron chi connectivity index (χ4n) is 1.34. The maximum absolute atomic E-state index is 8.99. The summed E-state index contributed by atoms with van der Waals surface area (Å²) < 4.78 is 2.45. The summed E-state index contributed by atoms with van der Waals surface area (Å²) in [6, 6.07) is 8.45. The van der Waals surface area contributed by atoms with Crippen LogP contribution in [0.15, 0.2) is 23.1 Å². The number of hydrogen-bond acceptors (Lipinski definition) is 3. The lowest BCUT2D eigenvalue weighted by molar-refractivity contribution is 1.48.